The summed E-state index contributed by atoms with van der Waals surface area (Å²) in [6, 6.07) is 17.9. The number of oxazole rings is 1. The average Bonchev–Trinajstić information content (AvgIpc) is 3.32. The van der Waals surface area contributed by atoms with Gasteiger partial charge in [-0.05, 0) is 41.1 Å². The molecule has 0 bridgehead atoms. The lowest BCUT2D eigenvalue weighted by molar-refractivity contribution is -0.119. The molecule has 1 aliphatic heterocycles. The van der Waals surface area contributed by atoms with Crippen molar-refractivity contribution in [3.63, 3.8) is 0 Å². The molecular formula is C30H27F2N9O3. The molecule has 1 saturated heterocycles. The van der Waals surface area contributed by atoms with E-state index in [2.05, 4.69) is 35.6 Å². The first-order chi connectivity index (χ1) is 21.2. The van der Waals surface area contributed by atoms with Gasteiger partial charge in [-0.1, -0.05) is 30.3 Å². The first-order valence-electron chi connectivity index (χ1n) is 14.1. The molecule has 1 saturated carbocycles. The average molecular weight is 600 g/mol. The maximum atomic E-state index is 13.5. The smallest absolute Gasteiger partial charge is 0.272 e. The number of piperazine rings is 1. The zero-order chi connectivity index (χ0) is 30.4. The lowest BCUT2D eigenvalue weighted by Crippen LogP contribution is -2.50. The molecule has 2 amide bonds. The molecule has 14 heteroatoms. The molecule has 7 rings (SSSR count). The Labute approximate surface area is 249 Å². The lowest BCUT2D eigenvalue weighted by Gasteiger charge is -2.38. The molecule has 1 N–H and O–H groups in total. The van der Waals surface area contributed by atoms with Crippen LogP contribution in [0.5, 0.6) is 0 Å². The highest BCUT2D eigenvalue weighted by Crippen LogP contribution is 2.49. The summed E-state index contributed by atoms with van der Waals surface area (Å²) in [5, 5.41) is 15.3. The monoisotopic (exact) mass is 599 g/mol. The number of tetrazole rings is 1. The molecule has 2 atom stereocenters. The molecule has 224 valence electrons. The fourth-order valence-electron chi connectivity index (χ4n) is 5.45. The number of hydrogen-bond donors (Lipinski definition) is 1. The molecule has 12 nitrogen and oxygen atoms in total. The normalized spacial score (nSPS) is 18.7. The van der Waals surface area contributed by atoms with Crippen molar-refractivity contribution >= 4 is 28.6 Å². The summed E-state index contributed by atoms with van der Waals surface area (Å²) in [6.45, 7) is 2.17. The SMILES string of the molecule is Cn1nnc([C@H](c2ccccc2)N2CCN(C(=O)c3cc(-c4nc5cc(NC(=O)[C@H]6CC6(F)F)ccc5o4)ccn3)CC2)n1. The molecule has 4 heterocycles. The number of halogens is 2. The van der Waals surface area contributed by atoms with Crippen LogP contribution in [0, 0.1) is 5.92 Å². The summed E-state index contributed by atoms with van der Waals surface area (Å²) in [5.74, 6) is -4.32. The van der Waals surface area contributed by atoms with Crippen LogP contribution >= 0.6 is 0 Å². The van der Waals surface area contributed by atoms with E-state index in [4.69, 9.17) is 4.42 Å². The summed E-state index contributed by atoms with van der Waals surface area (Å²) in [7, 11) is 1.73. The minimum Gasteiger partial charge on any atom is -0.436 e. The zero-order valence-corrected chi connectivity index (χ0v) is 23.6. The van der Waals surface area contributed by atoms with E-state index in [9.17, 15) is 18.4 Å². The van der Waals surface area contributed by atoms with Gasteiger partial charge >= 0.3 is 0 Å². The number of alkyl halides is 2. The van der Waals surface area contributed by atoms with E-state index in [0.29, 0.717) is 54.4 Å². The Morgan fingerprint density at radius 3 is 2.52 bits per heavy atom. The number of nitrogens with zero attached hydrogens (tertiary/aromatic N) is 8. The van der Waals surface area contributed by atoms with Gasteiger partial charge in [0, 0.05) is 50.0 Å². The molecule has 3 aromatic heterocycles. The fourth-order valence-corrected chi connectivity index (χ4v) is 5.45. The van der Waals surface area contributed by atoms with Crippen LogP contribution in [-0.2, 0) is 11.8 Å². The Bertz CT molecular complexity index is 1850. The Kier molecular flexibility index (Phi) is 6.84. The minimum absolute atomic E-state index is 0.189. The summed E-state index contributed by atoms with van der Waals surface area (Å²) in [6.07, 6.45) is 1.09. The number of anilines is 1. The van der Waals surface area contributed by atoms with Crippen LogP contribution in [-0.4, -0.2) is 83.9 Å². The standard InChI is InChI=1S/C30H27F2N9O3/c1-39-37-26(36-38-39)25(18-5-3-2-4-6-18)40-11-13-41(14-12-40)29(43)23-15-19(9-10-33-23)28-35-22-16-20(7-8-24(22)44-28)34-27(42)21-17-30(21,31)32/h2-10,15-16,21,25H,11-14,17H2,1H3,(H,34,42)/t21-,25+/m1/s1. The van der Waals surface area contributed by atoms with Gasteiger partial charge in [-0.3, -0.25) is 19.5 Å². The van der Waals surface area contributed by atoms with E-state index in [1.54, 1.807) is 42.3 Å². The predicted molar refractivity (Wildman–Crippen MR) is 153 cm³/mol. The van der Waals surface area contributed by atoms with Crippen molar-refractivity contribution in [3.05, 3.63) is 83.9 Å². The number of fused-ring (bicyclic) bond motifs is 1. The zero-order valence-electron chi connectivity index (χ0n) is 23.6. The van der Waals surface area contributed by atoms with Crippen molar-refractivity contribution in [1.82, 2.24) is 40.0 Å². The van der Waals surface area contributed by atoms with Gasteiger partial charge in [-0.2, -0.15) is 4.80 Å². The maximum absolute atomic E-state index is 13.5. The van der Waals surface area contributed by atoms with E-state index in [1.807, 2.05) is 30.3 Å². The van der Waals surface area contributed by atoms with Gasteiger partial charge in [0.15, 0.2) is 11.4 Å². The molecule has 2 fully saturated rings. The van der Waals surface area contributed by atoms with Gasteiger partial charge in [0.05, 0.1) is 13.1 Å². The molecule has 0 unspecified atom stereocenters. The van der Waals surface area contributed by atoms with E-state index in [0.717, 1.165) is 5.56 Å². The first kappa shape index (κ1) is 27.7. The molecular weight excluding hydrogens is 572 g/mol. The van der Waals surface area contributed by atoms with Gasteiger partial charge in [0.25, 0.3) is 11.8 Å². The molecule has 2 aliphatic rings. The summed E-state index contributed by atoms with van der Waals surface area (Å²) < 4.78 is 32.4. The van der Waals surface area contributed by atoms with Crippen molar-refractivity contribution in [1.29, 1.82) is 0 Å². The predicted octanol–water partition coefficient (Wildman–Crippen LogP) is 3.55. The largest absolute Gasteiger partial charge is 0.436 e. The molecule has 2 aromatic carbocycles. The molecule has 0 radical (unpaired) electrons. The van der Waals surface area contributed by atoms with Gasteiger partial charge in [0.1, 0.15) is 17.1 Å². The van der Waals surface area contributed by atoms with Gasteiger partial charge in [-0.25, -0.2) is 13.8 Å². The summed E-state index contributed by atoms with van der Waals surface area (Å²) in [5.41, 5.74) is 3.09. The highest BCUT2D eigenvalue weighted by atomic mass is 19.3. The number of benzene rings is 2. The van der Waals surface area contributed by atoms with Crippen LogP contribution in [0.2, 0.25) is 0 Å². The Morgan fingerprint density at radius 2 is 1.82 bits per heavy atom. The third-order valence-corrected chi connectivity index (χ3v) is 7.87. The van der Waals surface area contributed by atoms with Crippen molar-refractivity contribution in [2.24, 2.45) is 13.0 Å². The number of aryl methyl sites for hydroxylation is 1. The fraction of sp³-hybridized carbons (Fsp3) is 0.300. The Hall–Kier alpha value is -5.11. The second-order valence-corrected chi connectivity index (χ2v) is 10.9. The Morgan fingerprint density at radius 1 is 1.05 bits per heavy atom. The second kappa shape index (κ2) is 10.9. The van der Waals surface area contributed by atoms with E-state index < -0.39 is 24.2 Å². The first-order valence-corrected chi connectivity index (χ1v) is 14.1. The summed E-state index contributed by atoms with van der Waals surface area (Å²) >= 11 is 0. The van der Waals surface area contributed by atoms with Crippen molar-refractivity contribution in [2.75, 3.05) is 31.5 Å². The number of pyridine rings is 1. The van der Waals surface area contributed by atoms with Crippen molar-refractivity contribution in [2.45, 2.75) is 18.4 Å². The maximum Gasteiger partial charge on any atom is 0.272 e. The molecule has 44 heavy (non-hydrogen) atoms. The number of rotatable bonds is 7. The minimum atomic E-state index is -2.95. The van der Waals surface area contributed by atoms with E-state index in [-0.39, 0.29) is 23.5 Å². The molecule has 5 aromatic rings. The number of hydrogen-bond acceptors (Lipinski definition) is 9. The van der Waals surface area contributed by atoms with Crippen LogP contribution in [0.25, 0.3) is 22.6 Å². The van der Waals surface area contributed by atoms with Gasteiger partial charge in [0.2, 0.25) is 11.8 Å². The number of carbonyl (C=O) groups excluding carboxylic acids is 2. The Balaban J connectivity index is 1.04. The number of nitrogens with one attached hydrogen (secondary N) is 1. The van der Waals surface area contributed by atoms with E-state index in [1.165, 1.54) is 11.0 Å². The van der Waals surface area contributed by atoms with Crippen molar-refractivity contribution < 1.29 is 22.8 Å². The summed E-state index contributed by atoms with van der Waals surface area (Å²) in [4.78, 5) is 39.8. The number of amides is 2. The molecule has 1 aliphatic carbocycles. The van der Waals surface area contributed by atoms with Crippen LogP contribution in [0.3, 0.4) is 0 Å². The lowest BCUT2D eigenvalue weighted by atomic mass is 10.0. The quantitative estimate of drug-likeness (QED) is 0.298. The van der Waals surface area contributed by atoms with Gasteiger partial charge < -0.3 is 14.6 Å². The van der Waals surface area contributed by atoms with Crippen LogP contribution in [0.1, 0.15) is 34.3 Å². The topological polar surface area (TPSA) is 135 Å². The van der Waals surface area contributed by atoms with E-state index >= 15 is 0 Å². The third kappa shape index (κ3) is 5.39. The number of aromatic nitrogens is 6. The van der Waals surface area contributed by atoms with Crippen LogP contribution < -0.4 is 5.32 Å². The van der Waals surface area contributed by atoms with Crippen LogP contribution in [0.4, 0.5) is 14.5 Å². The second-order valence-electron chi connectivity index (χ2n) is 10.9. The molecule has 0 spiro atoms. The number of carbonyl (C=O) groups is 2. The van der Waals surface area contributed by atoms with Crippen LogP contribution in [0.15, 0.2) is 71.3 Å². The highest BCUT2D eigenvalue weighted by Gasteiger charge is 2.61. The van der Waals surface area contributed by atoms with Crippen molar-refractivity contribution in [3.8, 4) is 11.5 Å². The van der Waals surface area contributed by atoms with Gasteiger partial charge in [-0.15, -0.1) is 10.2 Å². The third-order valence-electron chi connectivity index (χ3n) is 7.87. The highest BCUT2D eigenvalue weighted by molar-refractivity contribution is 5.97.